The zero-order chi connectivity index (χ0) is 17.3. The van der Waals surface area contributed by atoms with Crippen LogP contribution in [0.25, 0.3) is 0 Å². The molecule has 2 amide bonds. The van der Waals surface area contributed by atoms with E-state index >= 15 is 0 Å². The average molecular weight is 336 g/mol. The minimum Gasteiger partial charge on any atom is -0.372 e. The monoisotopic (exact) mass is 336 g/mol. The maximum absolute atomic E-state index is 13.1. The normalized spacial score (nSPS) is 20.5. The fourth-order valence-electron chi connectivity index (χ4n) is 2.59. The molecule has 1 aromatic heterocycles. The van der Waals surface area contributed by atoms with Crippen LogP contribution in [-0.4, -0.2) is 39.3 Å². The van der Waals surface area contributed by atoms with Crippen molar-refractivity contribution >= 4 is 17.6 Å². The summed E-state index contributed by atoms with van der Waals surface area (Å²) in [6.07, 6.45) is 1.34. The Morgan fingerprint density at radius 3 is 2.71 bits per heavy atom. The number of rotatable bonds is 4. The first kappa shape index (κ1) is 16.1. The highest BCUT2D eigenvalue weighted by Crippen LogP contribution is 2.27. The first-order valence-electron chi connectivity index (χ1n) is 7.17. The molecule has 24 heavy (non-hydrogen) atoms. The molecule has 0 bridgehead atoms. The topological polar surface area (TPSA) is 98.3 Å². The number of amides is 2. The first-order valence-corrected chi connectivity index (χ1v) is 7.17. The van der Waals surface area contributed by atoms with Crippen molar-refractivity contribution in [2.24, 2.45) is 0 Å². The summed E-state index contributed by atoms with van der Waals surface area (Å²) in [7, 11) is 0. The number of H-pyrrole nitrogens is 1. The lowest BCUT2D eigenvalue weighted by Crippen LogP contribution is -2.52. The van der Waals surface area contributed by atoms with Crippen molar-refractivity contribution < 1.29 is 23.5 Å². The van der Waals surface area contributed by atoms with Crippen molar-refractivity contribution in [1.82, 2.24) is 15.5 Å². The number of aromatic nitrogens is 2. The van der Waals surface area contributed by atoms with E-state index in [1.54, 1.807) is 0 Å². The Morgan fingerprint density at radius 1 is 1.38 bits per heavy atom. The van der Waals surface area contributed by atoms with Gasteiger partial charge in [-0.15, -0.1) is 0 Å². The maximum Gasteiger partial charge on any atom is 0.270 e. The summed E-state index contributed by atoms with van der Waals surface area (Å²) < 4.78 is 26.3. The van der Waals surface area contributed by atoms with Gasteiger partial charge in [-0.05, 0) is 17.7 Å². The lowest BCUT2D eigenvalue weighted by molar-refractivity contribution is -0.149. The number of aliphatic hydroxyl groups is 1. The molecule has 3 N–H and O–H groups in total. The number of aromatic amines is 1. The summed E-state index contributed by atoms with van der Waals surface area (Å²) >= 11 is 0. The van der Waals surface area contributed by atoms with Crippen molar-refractivity contribution in [3.05, 3.63) is 47.7 Å². The van der Waals surface area contributed by atoms with Crippen LogP contribution in [0, 0.1) is 11.6 Å². The molecule has 1 aliphatic rings. The summed E-state index contributed by atoms with van der Waals surface area (Å²) in [5, 5.41) is 19.0. The molecule has 2 aromatic rings. The molecule has 3 rings (SSSR count). The standard InChI is InChI=1S/C15H14F2N4O3/c16-10-5-9(6-11(17)7-10)8-18-13(22)15(24)2-4-21(14(15)23)12-1-3-19-20-12/h1,3,5-7,24H,2,4,8H2,(H,18,22)(H,19,20). The Hall–Kier alpha value is -2.81. The molecular weight excluding hydrogens is 322 g/mol. The predicted molar refractivity (Wildman–Crippen MR) is 78.7 cm³/mol. The quantitative estimate of drug-likeness (QED) is 0.707. The van der Waals surface area contributed by atoms with Gasteiger partial charge in [0.1, 0.15) is 17.5 Å². The van der Waals surface area contributed by atoms with Crippen LogP contribution >= 0.6 is 0 Å². The average Bonchev–Trinajstić information content (AvgIpc) is 3.14. The van der Waals surface area contributed by atoms with Crippen LogP contribution in [0.1, 0.15) is 12.0 Å². The summed E-state index contributed by atoms with van der Waals surface area (Å²) in [4.78, 5) is 25.8. The molecule has 1 aliphatic heterocycles. The smallest absolute Gasteiger partial charge is 0.270 e. The van der Waals surface area contributed by atoms with Crippen LogP contribution < -0.4 is 10.2 Å². The maximum atomic E-state index is 13.1. The van der Waals surface area contributed by atoms with E-state index in [9.17, 15) is 23.5 Å². The van der Waals surface area contributed by atoms with Gasteiger partial charge in [0, 0.05) is 31.6 Å². The highest BCUT2D eigenvalue weighted by molar-refractivity contribution is 6.16. The number of hydrogen-bond donors (Lipinski definition) is 3. The van der Waals surface area contributed by atoms with Gasteiger partial charge in [-0.25, -0.2) is 8.78 Å². The van der Waals surface area contributed by atoms with E-state index in [2.05, 4.69) is 15.5 Å². The largest absolute Gasteiger partial charge is 0.372 e. The number of benzene rings is 1. The van der Waals surface area contributed by atoms with Crippen molar-refractivity contribution in [3.8, 4) is 0 Å². The van der Waals surface area contributed by atoms with Crippen molar-refractivity contribution in [2.75, 3.05) is 11.4 Å². The Bertz CT molecular complexity index is 761. The lowest BCUT2D eigenvalue weighted by Gasteiger charge is -2.20. The van der Waals surface area contributed by atoms with E-state index < -0.39 is 29.0 Å². The number of halogens is 2. The van der Waals surface area contributed by atoms with E-state index in [0.29, 0.717) is 11.9 Å². The van der Waals surface area contributed by atoms with Crippen molar-refractivity contribution in [2.45, 2.75) is 18.6 Å². The minimum absolute atomic E-state index is 0.103. The van der Waals surface area contributed by atoms with Crippen LogP contribution in [0.3, 0.4) is 0 Å². The highest BCUT2D eigenvalue weighted by atomic mass is 19.1. The third kappa shape index (κ3) is 2.85. The SMILES string of the molecule is O=C(NCc1cc(F)cc(F)c1)C1(O)CCN(c2ccn[nH]2)C1=O. The second-order valence-corrected chi connectivity index (χ2v) is 5.47. The van der Waals surface area contributed by atoms with Crippen LogP contribution in [0.5, 0.6) is 0 Å². The summed E-state index contributed by atoms with van der Waals surface area (Å²) in [6, 6.07) is 4.36. The molecule has 9 heteroatoms. The van der Waals surface area contributed by atoms with Crippen LogP contribution in [0.2, 0.25) is 0 Å². The molecule has 0 spiro atoms. The number of carbonyl (C=O) groups is 2. The van der Waals surface area contributed by atoms with Gasteiger partial charge >= 0.3 is 0 Å². The molecule has 0 aliphatic carbocycles. The Labute approximate surface area is 135 Å². The third-order valence-electron chi connectivity index (χ3n) is 3.82. The van der Waals surface area contributed by atoms with E-state index in [0.717, 1.165) is 12.1 Å². The molecule has 1 fully saturated rings. The van der Waals surface area contributed by atoms with Gasteiger partial charge in [-0.3, -0.25) is 19.6 Å². The molecule has 2 heterocycles. The summed E-state index contributed by atoms with van der Waals surface area (Å²) in [5.41, 5.74) is -2.04. The van der Waals surface area contributed by atoms with E-state index in [-0.39, 0.29) is 25.1 Å². The molecule has 0 saturated carbocycles. The lowest BCUT2D eigenvalue weighted by atomic mass is 10.0. The van der Waals surface area contributed by atoms with Crippen LogP contribution in [0.4, 0.5) is 14.6 Å². The third-order valence-corrected chi connectivity index (χ3v) is 3.82. The van der Waals surface area contributed by atoms with Gasteiger partial charge in [0.2, 0.25) is 5.60 Å². The van der Waals surface area contributed by atoms with Gasteiger partial charge in [0.25, 0.3) is 11.8 Å². The second-order valence-electron chi connectivity index (χ2n) is 5.47. The number of anilines is 1. The fourth-order valence-corrected chi connectivity index (χ4v) is 2.59. The molecule has 126 valence electrons. The van der Waals surface area contributed by atoms with Gasteiger partial charge in [0.15, 0.2) is 0 Å². The second kappa shape index (κ2) is 6.00. The van der Waals surface area contributed by atoms with Gasteiger partial charge < -0.3 is 10.4 Å². The molecule has 1 aromatic carbocycles. The number of nitrogens with zero attached hydrogens (tertiary/aromatic N) is 2. The summed E-state index contributed by atoms with van der Waals surface area (Å²) in [6.45, 7) is -0.0767. The van der Waals surface area contributed by atoms with Crippen LogP contribution in [-0.2, 0) is 16.1 Å². The molecular formula is C15H14F2N4O3. The summed E-state index contributed by atoms with van der Waals surface area (Å²) in [5.74, 6) is -2.88. The first-order chi connectivity index (χ1) is 11.4. The zero-order valence-corrected chi connectivity index (χ0v) is 12.4. The van der Waals surface area contributed by atoms with Crippen molar-refractivity contribution in [3.63, 3.8) is 0 Å². The van der Waals surface area contributed by atoms with E-state index in [1.807, 2.05) is 0 Å². The zero-order valence-electron chi connectivity index (χ0n) is 12.4. The van der Waals surface area contributed by atoms with E-state index in [4.69, 9.17) is 0 Å². The predicted octanol–water partition coefficient (Wildman–Crippen LogP) is 0.472. The number of nitrogens with one attached hydrogen (secondary N) is 2. The number of carbonyl (C=O) groups excluding carboxylic acids is 2. The number of hydrogen-bond acceptors (Lipinski definition) is 4. The van der Waals surface area contributed by atoms with Crippen molar-refractivity contribution in [1.29, 1.82) is 0 Å². The van der Waals surface area contributed by atoms with Gasteiger partial charge in [-0.2, -0.15) is 5.10 Å². The molecule has 1 saturated heterocycles. The van der Waals surface area contributed by atoms with E-state index in [1.165, 1.54) is 17.2 Å². The Kier molecular flexibility index (Phi) is 4.02. The molecule has 1 atom stereocenters. The molecule has 1 unspecified atom stereocenters. The molecule has 7 nitrogen and oxygen atoms in total. The fraction of sp³-hybridized carbons (Fsp3) is 0.267. The Morgan fingerprint density at radius 2 is 2.08 bits per heavy atom. The van der Waals surface area contributed by atoms with Crippen LogP contribution in [0.15, 0.2) is 30.5 Å². The molecule has 0 radical (unpaired) electrons. The Balaban J connectivity index is 1.69. The highest BCUT2D eigenvalue weighted by Gasteiger charge is 2.52. The minimum atomic E-state index is -2.23. The van der Waals surface area contributed by atoms with Gasteiger partial charge in [-0.1, -0.05) is 0 Å². The van der Waals surface area contributed by atoms with Gasteiger partial charge in [0.05, 0.1) is 6.20 Å².